The molecule has 0 saturated carbocycles. The monoisotopic (exact) mass is 184 g/mol. The maximum atomic E-state index is 11.1. The van der Waals surface area contributed by atoms with Crippen LogP contribution in [0.25, 0.3) is 0 Å². The summed E-state index contributed by atoms with van der Waals surface area (Å²) in [6.45, 7) is 0. The van der Waals surface area contributed by atoms with Crippen LogP contribution in [0.15, 0.2) is 18.2 Å². The van der Waals surface area contributed by atoms with Gasteiger partial charge in [-0.05, 0) is 18.2 Å². The van der Waals surface area contributed by atoms with Crippen LogP contribution in [0.5, 0.6) is 0 Å². The van der Waals surface area contributed by atoms with Crippen LogP contribution in [-0.4, -0.2) is 13.0 Å². The highest BCUT2D eigenvalue weighted by Gasteiger charge is 2.07. The van der Waals surface area contributed by atoms with E-state index in [1.54, 1.807) is 25.2 Å². The van der Waals surface area contributed by atoms with Crippen LogP contribution in [0.4, 0.5) is 5.69 Å². The number of anilines is 1. The lowest BCUT2D eigenvalue weighted by atomic mass is 10.2. The van der Waals surface area contributed by atoms with Gasteiger partial charge in [-0.15, -0.1) is 0 Å². The van der Waals surface area contributed by atoms with Gasteiger partial charge in [0.15, 0.2) is 0 Å². The van der Waals surface area contributed by atoms with E-state index >= 15 is 0 Å². The largest absolute Gasteiger partial charge is 0.399 e. The maximum Gasteiger partial charge on any atom is 0.252 e. The Morgan fingerprint density at radius 1 is 1.58 bits per heavy atom. The van der Waals surface area contributed by atoms with Crippen molar-refractivity contribution in [1.29, 1.82) is 0 Å². The zero-order valence-electron chi connectivity index (χ0n) is 6.60. The Bertz CT molecular complexity index is 312. The van der Waals surface area contributed by atoms with E-state index in [1.165, 1.54) is 0 Å². The van der Waals surface area contributed by atoms with E-state index in [-0.39, 0.29) is 5.91 Å². The molecule has 1 aromatic rings. The first-order valence-electron chi connectivity index (χ1n) is 3.42. The van der Waals surface area contributed by atoms with Crippen molar-refractivity contribution in [2.45, 2.75) is 0 Å². The Morgan fingerprint density at radius 2 is 2.25 bits per heavy atom. The number of nitrogens with one attached hydrogen (secondary N) is 1. The molecule has 0 aliphatic carbocycles. The number of carbonyl (C=O) groups is 1. The third-order valence-electron chi connectivity index (χ3n) is 1.46. The van der Waals surface area contributed by atoms with Crippen molar-refractivity contribution in [1.82, 2.24) is 5.32 Å². The molecule has 0 fully saturated rings. The standard InChI is InChI=1S/C8H9ClN2O/c1-11-8(12)6-4-5(10)2-3-7(6)9/h2-4H,10H2,1H3,(H,11,12). The molecule has 3 N–H and O–H groups in total. The third kappa shape index (κ3) is 1.68. The fourth-order valence-corrected chi connectivity index (χ4v) is 1.05. The summed E-state index contributed by atoms with van der Waals surface area (Å²) < 4.78 is 0. The van der Waals surface area contributed by atoms with E-state index in [1.807, 2.05) is 0 Å². The van der Waals surface area contributed by atoms with E-state index in [2.05, 4.69) is 5.32 Å². The first-order chi connectivity index (χ1) is 5.65. The van der Waals surface area contributed by atoms with Crippen LogP contribution >= 0.6 is 11.6 Å². The summed E-state index contributed by atoms with van der Waals surface area (Å²) in [5.74, 6) is -0.229. The second-order valence-corrected chi connectivity index (χ2v) is 2.73. The number of rotatable bonds is 1. The number of nitrogen functional groups attached to an aromatic ring is 1. The average molecular weight is 185 g/mol. The normalized spacial score (nSPS) is 9.50. The molecule has 0 aliphatic heterocycles. The molecule has 0 unspecified atom stereocenters. The van der Waals surface area contributed by atoms with Gasteiger partial charge in [0.25, 0.3) is 5.91 Å². The quantitative estimate of drug-likeness (QED) is 0.646. The Balaban J connectivity index is 3.13. The van der Waals surface area contributed by atoms with Crippen molar-refractivity contribution < 1.29 is 4.79 Å². The van der Waals surface area contributed by atoms with E-state index in [0.29, 0.717) is 16.3 Å². The number of halogens is 1. The molecule has 0 atom stereocenters. The Kier molecular flexibility index (Phi) is 2.55. The van der Waals surface area contributed by atoms with Gasteiger partial charge in [-0.25, -0.2) is 0 Å². The van der Waals surface area contributed by atoms with Gasteiger partial charge >= 0.3 is 0 Å². The summed E-state index contributed by atoms with van der Waals surface area (Å²) in [6.07, 6.45) is 0. The SMILES string of the molecule is CNC(=O)c1cc(N)ccc1Cl. The molecule has 0 radical (unpaired) electrons. The number of benzene rings is 1. The molecule has 0 bridgehead atoms. The highest BCUT2D eigenvalue weighted by atomic mass is 35.5. The minimum absolute atomic E-state index is 0.229. The third-order valence-corrected chi connectivity index (χ3v) is 1.79. The zero-order chi connectivity index (χ0) is 9.14. The van der Waals surface area contributed by atoms with Gasteiger partial charge in [-0.3, -0.25) is 4.79 Å². The van der Waals surface area contributed by atoms with Crippen molar-refractivity contribution in [3.05, 3.63) is 28.8 Å². The number of hydrogen-bond acceptors (Lipinski definition) is 2. The van der Waals surface area contributed by atoms with Gasteiger partial charge in [0.1, 0.15) is 0 Å². The molecule has 1 aromatic carbocycles. The van der Waals surface area contributed by atoms with Crippen LogP contribution in [0.3, 0.4) is 0 Å². The van der Waals surface area contributed by atoms with Crippen molar-refractivity contribution in [3.8, 4) is 0 Å². The second kappa shape index (κ2) is 3.45. The maximum absolute atomic E-state index is 11.1. The van der Waals surface area contributed by atoms with Crippen LogP contribution in [0.2, 0.25) is 5.02 Å². The molecule has 0 aromatic heterocycles. The molecule has 3 nitrogen and oxygen atoms in total. The van der Waals surface area contributed by atoms with Crippen molar-refractivity contribution in [3.63, 3.8) is 0 Å². The van der Waals surface area contributed by atoms with Gasteiger partial charge in [0.2, 0.25) is 0 Å². The van der Waals surface area contributed by atoms with Gasteiger partial charge in [0, 0.05) is 12.7 Å². The lowest BCUT2D eigenvalue weighted by Gasteiger charge is -2.02. The predicted molar refractivity (Wildman–Crippen MR) is 49.3 cm³/mol. The highest BCUT2D eigenvalue weighted by molar-refractivity contribution is 6.33. The van der Waals surface area contributed by atoms with E-state index in [0.717, 1.165) is 0 Å². The molecule has 0 spiro atoms. The molecular formula is C8H9ClN2O. The van der Waals surface area contributed by atoms with Crippen molar-refractivity contribution >= 4 is 23.2 Å². The Morgan fingerprint density at radius 3 is 2.83 bits per heavy atom. The first-order valence-corrected chi connectivity index (χ1v) is 3.80. The number of hydrogen-bond donors (Lipinski definition) is 2. The van der Waals surface area contributed by atoms with Gasteiger partial charge in [-0.2, -0.15) is 0 Å². The molecule has 4 heteroatoms. The van der Waals surface area contributed by atoms with Crippen LogP contribution in [-0.2, 0) is 0 Å². The summed E-state index contributed by atoms with van der Waals surface area (Å²) in [4.78, 5) is 11.1. The minimum atomic E-state index is -0.229. The molecule has 12 heavy (non-hydrogen) atoms. The summed E-state index contributed by atoms with van der Waals surface area (Å²) >= 11 is 5.75. The van der Waals surface area contributed by atoms with Gasteiger partial charge in [-0.1, -0.05) is 11.6 Å². The molecule has 64 valence electrons. The highest BCUT2D eigenvalue weighted by Crippen LogP contribution is 2.18. The van der Waals surface area contributed by atoms with Crippen molar-refractivity contribution in [2.24, 2.45) is 0 Å². The van der Waals surface area contributed by atoms with Gasteiger partial charge < -0.3 is 11.1 Å². The van der Waals surface area contributed by atoms with Crippen LogP contribution < -0.4 is 11.1 Å². The summed E-state index contributed by atoms with van der Waals surface area (Å²) in [5, 5.41) is 2.88. The molecular weight excluding hydrogens is 176 g/mol. The summed E-state index contributed by atoms with van der Waals surface area (Å²) in [5.41, 5.74) is 6.41. The average Bonchev–Trinajstić information content (AvgIpc) is 2.08. The van der Waals surface area contributed by atoms with E-state index in [9.17, 15) is 4.79 Å². The van der Waals surface area contributed by atoms with Gasteiger partial charge in [0.05, 0.1) is 10.6 Å². The topological polar surface area (TPSA) is 55.1 Å². The first kappa shape index (κ1) is 8.87. The second-order valence-electron chi connectivity index (χ2n) is 2.32. The summed E-state index contributed by atoms with van der Waals surface area (Å²) in [6, 6.07) is 4.79. The van der Waals surface area contributed by atoms with E-state index in [4.69, 9.17) is 17.3 Å². The van der Waals surface area contributed by atoms with Crippen LogP contribution in [0.1, 0.15) is 10.4 Å². The zero-order valence-corrected chi connectivity index (χ0v) is 7.35. The Hall–Kier alpha value is -1.22. The van der Waals surface area contributed by atoms with Crippen molar-refractivity contribution in [2.75, 3.05) is 12.8 Å². The number of nitrogens with two attached hydrogens (primary N) is 1. The molecule has 1 amide bonds. The fraction of sp³-hybridized carbons (Fsp3) is 0.125. The van der Waals surface area contributed by atoms with E-state index < -0.39 is 0 Å². The number of carbonyl (C=O) groups excluding carboxylic acids is 1. The minimum Gasteiger partial charge on any atom is -0.399 e. The molecule has 0 aliphatic rings. The molecule has 0 saturated heterocycles. The Labute approximate surface area is 75.5 Å². The smallest absolute Gasteiger partial charge is 0.252 e. The lowest BCUT2D eigenvalue weighted by Crippen LogP contribution is -2.18. The molecule has 0 heterocycles. The number of amides is 1. The molecule has 1 rings (SSSR count). The van der Waals surface area contributed by atoms with Crippen LogP contribution in [0, 0.1) is 0 Å². The fourth-order valence-electron chi connectivity index (χ4n) is 0.852. The lowest BCUT2D eigenvalue weighted by molar-refractivity contribution is 0.0963. The summed E-state index contributed by atoms with van der Waals surface area (Å²) in [7, 11) is 1.54. The predicted octanol–water partition coefficient (Wildman–Crippen LogP) is 1.28.